The van der Waals surface area contributed by atoms with Gasteiger partial charge in [-0.2, -0.15) is 0 Å². The number of aromatic nitrogens is 1. The molecule has 0 unspecified atom stereocenters. The van der Waals surface area contributed by atoms with E-state index >= 15 is 0 Å². The molecule has 0 fully saturated rings. The zero-order valence-corrected chi connectivity index (χ0v) is 13.0. The maximum absolute atomic E-state index is 12.1. The molecule has 0 atom stereocenters. The van der Waals surface area contributed by atoms with Crippen LogP contribution in [-0.4, -0.2) is 10.9 Å². The van der Waals surface area contributed by atoms with Gasteiger partial charge in [0, 0.05) is 10.7 Å². The van der Waals surface area contributed by atoms with E-state index in [9.17, 15) is 4.79 Å². The summed E-state index contributed by atoms with van der Waals surface area (Å²) in [6.45, 7) is 1.91. The number of carbonyl (C=O) groups is 1. The fourth-order valence-electron chi connectivity index (χ4n) is 1.50. The van der Waals surface area contributed by atoms with Gasteiger partial charge in [0.05, 0.1) is 16.3 Å². The fraction of sp³-hybridized carbons (Fsp3) is 0.0769. The standard InChI is InChI=1S/C13H9BrCl2N2O/c1-7-2-3-9(10(15)4-7)13(19)18-11-5-8(14)6-17-12(11)16/h2-6H,1H3,(H,18,19). The Labute approximate surface area is 129 Å². The topological polar surface area (TPSA) is 42.0 Å². The van der Waals surface area contributed by atoms with Gasteiger partial charge in [-0.3, -0.25) is 4.79 Å². The van der Waals surface area contributed by atoms with Crippen LogP contribution in [0.15, 0.2) is 34.9 Å². The van der Waals surface area contributed by atoms with Crippen molar-refractivity contribution in [3.63, 3.8) is 0 Å². The van der Waals surface area contributed by atoms with Crippen LogP contribution in [0.25, 0.3) is 0 Å². The van der Waals surface area contributed by atoms with Crippen molar-refractivity contribution < 1.29 is 4.79 Å². The van der Waals surface area contributed by atoms with Gasteiger partial charge < -0.3 is 5.32 Å². The average Bonchev–Trinajstić information content (AvgIpc) is 2.33. The molecule has 0 aliphatic rings. The molecule has 19 heavy (non-hydrogen) atoms. The molecule has 0 radical (unpaired) electrons. The van der Waals surface area contributed by atoms with Gasteiger partial charge >= 0.3 is 0 Å². The molecule has 1 amide bonds. The molecule has 0 spiro atoms. The number of halogens is 3. The Morgan fingerprint density at radius 1 is 1.32 bits per heavy atom. The Balaban J connectivity index is 2.28. The molecule has 1 heterocycles. The van der Waals surface area contributed by atoms with E-state index in [2.05, 4.69) is 26.2 Å². The molecule has 0 aliphatic carbocycles. The van der Waals surface area contributed by atoms with E-state index in [-0.39, 0.29) is 11.1 Å². The van der Waals surface area contributed by atoms with Crippen molar-refractivity contribution in [3.05, 3.63) is 56.2 Å². The maximum atomic E-state index is 12.1. The fourth-order valence-corrected chi connectivity index (χ4v) is 2.31. The van der Waals surface area contributed by atoms with Crippen molar-refractivity contribution in [1.29, 1.82) is 0 Å². The largest absolute Gasteiger partial charge is 0.319 e. The van der Waals surface area contributed by atoms with Crippen LogP contribution in [0.1, 0.15) is 15.9 Å². The lowest BCUT2D eigenvalue weighted by Gasteiger charge is -2.08. The second kappa shape index (κ2) is 5.90. The molecule has 98 valence electrons. The first-order valence-corrected chi connectivity index (χ1v) is 6.91. The van der Waals surface area contributed by atoms with Crippen molar-refractivity contribution in [2.75, 3.05) is 5.32 Å². The van der Waals surface area contributed by atoms with E-state index in [4.69, 9.17) is 23.2 Å². The second-order valence-electron chi connectivity index (χ2n) is 3.93. The monoisotopic (exact) mass is 358 g/mol. The Bertz CT molecular complexity index is 647. The lowest BCUT2D eigenvalue weighted by Crippen LogP contribution is -2.13. The molecule has 2 rings (SSSR count). The summed E-state index contributed by atoms with van der Waals surface area (Å²) in [4.78, 5) is 16.0. The number of hydrogen-bond donors (Lipinski definition) is 1. The Hall–Kier alpha value is -1.10. The van der Waals surface area contributed by atoms with E-state index in [1.54, 1.807) is 24.4 Å². The molecule has 3 nitrogen and oxygen atoms in total. The van der Waals surface area contributed by atoms with Gasteiger partial charge in [0.25, 0.3) is 5.91 Å². The normalized spacial score (nSPS) is 10.3. The number of nitrogens with zero attached hydrogens (tertiary/aromatic N) is 1. The number of pyridine rings is 1. The van der Waals surface area contributed by atoms with Gasteiger partial charge in [-0.15, -0.1) is 0 Å². The van der Waals surface area contributed by atoms with Crippen molar-refractivity contribution in [3.8, 4) is 0 Å². The molecular formula is C13H9BrCl2N2O. The van der Waals surface area contributed by atoms with E-state index in [0.717, 1.165) is 10.0 Å². The van der Waals surface area contributed by atoms with Crippen LogP contribution in [-0.2, 0) is 0 Å². The molecule has 0 saturated carbocycles. The predicted molar refractivity (Wildman–Crippen MR) is 81.1 cm³/mol. The van der Waals surface area contributed by atoms with Crippen molar-refractivity contribution in [2.24, 2.45) is 0 Å². The third-order valence-corrected chi connectivity index (χ3v) is 3.47. The molecule has 2 aromatic rings. The highest BCUT2D eigenvalue weighted by Crippen LogP contribution is 2.25. The van der Waals surface area contributed by atoms with Crippen molar-refractivity contribution in [2.45, 2.75) is 6.92 Å². The number of anilines is 1. The smallest absolute Gasteiger partial charge is 0.257 e. The van der Waals surface area contributed by atoms with Gasteiger partial charge in [0.1, 0.15) is 0 Å². The van der Waals surface area contributed by atoms with Gasteiger partial charge in [0.15, 0.2) is 5.15 Å². The zero-order valence-electron chi connectivity index (χ0n) is 9.88. The molecule has 0 bridgehead atoms. The summed E-state index contributed by atoms with van der Waals surface area (Å²) in [6.07, 6.45) is 1.55. The van der Waals surface area contributed by atoms with E-state index in [1.807, 2.05) is 13.0 Å². The second-order valence-corrected chi connectivity index (χ2v) is 5.61. The lowest BCUT2D eigenvalue weighted by molar-refractivity contribution is 0.102. The summed E-state index contributed by atoms with van der Waals surface area (Å²) in [7, 11) is 0. The minimum atomic E-state index is -0.327. The SMILES string of the molecule is Cc1ccc(C(=O)Nc2cc(Br)cnc2Cl)c(Cl)c1. The lowest BCUT2D eigenvalue weighted by atomic mass is 10.1. The molecule has 1 aromatic carbocycles. The zero-order chi connectivity index (χ0) is 14.0. The van der Waals surface area contributed by atoms with Crippen LogP contribution in [0.4, 0.5) is 5.69 Å². The van der Waals surface area contributed by atoms with Crippen LogP contribution in [0.2, 0.25) is 10.2 Å². The highest BCUT2D eigenvalue weighted by atomic mass is 79.9. The Morgan fingerprint density at radius 2 is 2.05 bits per heavy atom. The Morgan fingerprint density at radius 3 is 2.74 bits per heavy atom. The van der Waals surface area contributed by atoms with E-state index in [0.29, 0.717) is 16.3 Å². The van der Waals surface area contributed by atoms with Crippen molar-refractivity contribution >= 4 is 50.7 Å². The summed E-state index contributed by atoms with van der Waals surface area (Å²) in [6, 6.07) is 6.90. The van der Waals surface area contributed by atoms with Crippen LogP contribution in [0.5, 0.6) is 0 Å². The van der Waals surface area contributed by atoms with E-state index < -0.39 is 0 Å². The van der Waals surface area contributed by atoms with E-state index in [1.165, 1.54) is 0 Å². The van der Waals surface area contributed by atoms with Gasteiger partial charge in [-0.1, -0.05) is 29.3 Å². The van der Waals surface area contributed by atoms with Gasteiger partial charge in [-0.25, -0.2) is 4.98 Å². The van der Waals surface area contributed by atoms with Crippen LogP contribution >= 0.6 is 39.1 Å². The number of aryl methyl sites for hydroxylation is 1. The first-order valence-electron chi connectivity index (χ1n) is 5.36. The average molecular weight is 360 g/mol. The number of rotatable bonds is 2. The van der Waals surface area contributed by atoms with Gasteiger partial charge in [0.2, 0.25) is 0 Å². The highest BCUT2D eigenvalue weighted by Gasteiger charge is 2.12. The minimum absolute atomic E-state index is 0.222. The Kier molecular flexibility index (Phi) is 4.45. The molecule has 1 aromatic heterocycles. The van der Waals surface area contributed by atoms with Crippen LogP contribution in [0, 0.1) is 6.92 Å². The number of benzene rings is 1. The molecular weight excluding hydrogens is 351 g/mol. The quantitative estimate of drug-likeness (QED) is 0.789. The summed E-state index contributed by atoms with van der Waals surface area (Å²) in [5.74, 6) is -0.327. The third kappa shape index (κ3) is 3.47. The van der Waals surface area contributed by atoms with Gasteiger partial charge in [-0.05, 0) is 46.6 Å². The molecule has 6 heteroatoms. The molecule has 0 saturated heterocycles. The maximum Gasteiger partial charge on any atom is 0.257 e. The summed E-state index contributed by atoms with van der Waals surface area (Å²) >= 11 is 15.2. The summed E-state index contributed by atoms with van der Waals surface area (Å²) in [5.41, 5.74) is 1.81. The number of carbonyl (C=O) groups excluding carboxylic acids is 1. The third-order valence-electron chi connectivity index (χ3n) is 2.42. The summed E-state index contributed by atoms with van der Waals surface area (Å²) in [5, 5.41) is 3.30. The molecule has 0 aliphatic heterocycles. The highest BCUT2D eigenvalue weighted by molar-refractivity contribution is 9.10. The summed E-state index contributed by atoms with van der Waals surface area (Å²) < 4.78 is 0.724. The van der Waals surface area contributed by atoms with Crippen LogP contribution in [0.3, 0.4) is 0 Å². The molecule has 1 N–H and O–H groups in total. The number of nitrogens with one attached hydrogen (secondary N) is 1. The number of hydrogen-bond acceptors (Lipinski definition) is 2. The first kappa shape index (κ1) is 14.3. The number of amides is 1. The minimum Gasteiger partial charge on any atom is -0.319 e. The van der Waals surface area contributed by atoms with Crippen molar-refractivity contribution in [1.82, 2.24) is 4.98 Å². The predicted octanol–water partition coefficient (Wildman–Crippen LogP) is 4.71. The van der Waals surface area contributed by atoms with Crippen LogP contribution < -0.4 is 5.32 Å². The first-order chi connectivity index (χ1) is 8.97.